The molecule has 0 fully saturated rings. The summed E-state index contributed by atoms with van der Waals surface area (Å²) >= 11 is 1.27. The van der Waals surface area contributed by atoms with Gasteiger partial charge in [-0.15, -0.1) is 0 Å². The van der Waals surface area contributed by atoms with Crippen LogP contribution in [0.5, 0.6) is 0 Å². The highest BCUT2D eigenvalue weighted by Gasteiger charge is 2.16. The lowest BCUT2D eigenvalue weighted by molar-refractivity contribution is 0.0957. The third-order valence-electron chi connectivity index (χ3n) is 2.74. The first-order chi connectivity index (χ1) is 9.43. The number of amides is 1. The minimum Gasteiger partial charge on any atom is -0.396 e. The molecule has 20 heavy (non-hydrogen) atoms. The third kappa shape index (κ3) is 5.34. The van der Waals surface area contributed by atoms with Crippen molar-refractivity contribution in [2.45, 2.75) is 39.7 Å². The summed E-state index contributed by atoms with van der Waals surface area (Å²) in [6.07, 6.45) is 1.72. The van der Waals surface area contributed by atoms with Crippen molar-refractivity contribution in [1.82, 2.24) is 10.3 Å². The monoisotopic (exact) mass is 300 g/mol. The molecule has 1 aromatic rings. The van der Waals surface area contributed by atoms with Crippen LogP contribution in [0.3, 0.4) is 0 Å². The van der Waals surface area contributed by atoms with Gasteiger partial charge in [0.15, 0.2) is 5.13 Å². The number of carbonyl (C=O) groups is 1. The number of rotatable bonds is 8. The molecule has 1 amide bonds. The molecule has 0 aliphatic carbocycles. The first-order valence-electron chi connectivity index (χ1n) is 6.86. The van der Waals surface area contributed by atoms with Gasteiger partial charge >= 0.3 is 0 Å². The minimum atomic E-state index is -0.187. The zero-order chi connectivity index (χ0) is 15.1. The largest absolute Gasteiger partial charge is 0.396 e. The average Bonchev–Trinajstić information content (AvgIpc) is 2.74. The SMILES string of the molecule is CC(CO)CCCNC(=O)c1sc(NC(C)C)nc1N. The number of aromatic nitrogens is 1. The normalized spacial score (nSPS) is 12.4. The summed E-state index contributed by atoms with van der Waals surface area (Å²) in [6.45, 7) is 6.74. The molecule has 0 saturated carbocycles. The van der Waals surface area contributed by atoms with Crippen LogP contribution in [0.15, 0.2) is 0 Å². The van der Waals surface area contributed by atoms with Gasteiger partial charge in [0.2, 0.25) is 0 Å². The van der Waals surface area contributed by atoms with E-state index in [1.165, 1.54) is 11.3 Å². The van der Waals surface area contributed by atoms with Crippen LogP contribution in [0.25, 0.3) is 0 Å². The highest BCUT2D eigenvalue weighted by atomic mass is 32.1. The number of hydrogen-bond donors (Lipinski definition) is 4. The van der Waals surface area contributed by atoms with Crippen LogP contribution in [-0.4, -0.2) is 35.2 Å². The fraction of sp³-hybridized carbons (Fsp3) is 0.692. The van der Waals surface area contributed by atoms with Crippen LogP contribution in [0.1, 0.15) is 43.3 Å². The van der Waals surface area contributed by atoms with Crippen LogP contribution >= 0.6 is 11.3 Å². The van der Waals surface area contributed by atoms with E-state index in [0.717, 1.165) is 12.8 Å². The van der Waals surface area contributed by atoms with Crippen molar-refractivity contribution >= 4 is 28.2 Å². The van der Waals surface area contributed by atoms with E-state index in [-0.39, 0.29) is 30.3 Å². The Morgan fingerprint density at radius 3 is 2.75 bits per heavy atom. The van der Waals surface area contributed by atoms with Crippen molar-refractivity contribution in [3.05, 3.63) is 4.88 Å². The Kier molecular flexibility index (Phi) is 6.74. The van der Waals surface area contributed by atoms with Gasteiger partial charge in [-0.05, 0) is 32.6 Å². The van der Waals surface area contributed by atoms with Crippen molar-refractivity contribution in [2.75, 3.05) is 24.2 Å². The quantitative estimate of drug-likeness (QED) is 0.547. The van der Waals surface area contributed by atoms with Gasteiger partial charge in [-0.1, -0.05) is 18.3 Å². The first-order valence-corrected chi connectivity index (χ1v) is 7.67. The maximum atomic E-state index is 12.0. The van der Waals surface area contributed by atoms with Crippen LogP contribution < -0.4 is 16.4 Å². The average molecular weight is 300 g/mol. The number of nitrogens with two attached hydrogens (primary N) is 1. The highest BCUT2D eigenvalue weighted by Crippen LogP contribution is 2.25. The molecule has 6 nitrogen and oxygen atoms in total. The second-order valence-electron chi connectivity index (χ2n) is 5.22. The summed E-state index contributed by atoms with van der Waals surface area (Å²) < 4.78 is 0. The van der Waals surface area contributed by atoms with Crippen molar-refractivity contribution in [3.63, 3.8) is 0 Å². The molecule has 0 aromatic carbocycles. The number of nitrogens with one attached hydrogen (secondary N) is 2. The zero-order valence-corrected chi connectivity index (χ0v) is 13.1. The Balaban J connectivity index is 2.45. The fourth-order valence-corrected chi connectivity index (χ4v) is 2.57. The van der Waals surface area contributed by atoms with Crippen LogP contribution in [-0.2, 0) is 0 Å². The maximum absolute atomic E-state index is 12.0. The summed E-state index contributed by atoms with van der Waals surface area (Å²) in [5.41, 5.74) is 5.76. The predicted molar refractivity (Wildman–Crippen MR) is 83.1 cm³/mol. The Bertz CT molecular complexity index is 434. The molecule has 7 heteroatoms. The van der Waals surface area contributed by atoms with Crippen LogP contribution in [0, 0.1) is 5.92 Å². The van der Waals surface area contributed by atoms with Gasteiger partial charge < -0.3 is 21.5 Å². The number of nitrogen functional groups attached to an aromatic ring is 1. The molecule has 5 N–H and O–H groups in total. The lowest BCUT2D eigenvalue weighted by atomic mass is 10.1. The molecule has 1 atom stereocenters. The van der Waals surface area contributed by atoms with E-state index in [0.29, 0.717) is 16.6 Å². The van der Waals surface area contributed by atoms with Gasteiger partial charge in [-0.25, -0.2) is 4.98 Å². The number of anilines is 2. The van der Waals surface area contributed by atoms with Crippen molar-refractivity contribution in [1.29, 1.82) is 0 Å². The molecule has 1 aromatic heterocycles. The van der Waals surface area contributed by atoms with Gasteiger partial charge in [-0.2, -0.15) is 0 Å². The number of hydrogen-bond acceptors (Lipinski definition) is 6. The standard InChI is InChI=1S/C13H24N4O2S/c1-8(2)16-13-17-11(14)10(20-13)12(19)15-6-4-5-9(3)7-18/h8-9,18H,4-7,14H2,1-3H3,(H,15,19)(H,16,17). The second-order valence-corrected chi connectivity index (χ2v) is 6.22. The summed E-state index contributed by atoms with van der Waals surface area (Å²) in [4.78, 5) is 16.6. The van der Waals surface area contributed by atoms with E-state index in [2.05, 4.69) is 15.6 Å². The molecule has 114 valence electrons. The van der Waals surface area contributed by atoms with E-state index in [1.54, 1.807) is 0 Å². The highest BCUT2D eigenvalue weighted by molar-refractivity contribution is 7.18. The van der Waals surface area contributed by atoms with Crippen molar-refractivity contribution in [3.8, 4) is 0 Å². The molecule has 0 radical (unpaired) electrons. The van der Waals surface area contributed by atoms with Crippen LogP contribution in [0.2, 0.25) is 0 Å². The number of aliphatic hydroxyl groups is 1. The first kappa shape index (κ1) is 16.7. The number of carbonyl (C=O) groups excluding carboxylic acids is 1. The van der Waals surface area contributed by atoms with Gasteiger partial charge in [0, 0.05) is 19.2 Å². The van der Waals surface area contributed by atoms with E-state index >= 15 is 0 Å². The van der Waals surface area contributed by atoms with Gasteiger partial charge in [-0.3, -0.25) is 4.79 Å². The Morgan fingerprint density at radius 2 is 2.15 bits per heavy atom. The smallest absolute Gasteiger partial charge is 0.265 e. The maximum Gasteiger partial charge on any atom is 0.265 e. The molecule has 0 bridgehead atoms. The van der Waals surface area contributed by atoms with Crippen molar-refractivity contribution in [2.24, 2.45) is 5.92 Å². The Labute approximate surface area is 123 Å². The van der Waals surface area contributed by atoms with E-state index in [9.17, 15) is 4.79 Å². The minimum absolute atomic E-state index is 0.181. The Morgan fingerprint density at radius 1 is 1.45 bits per heavy atom. The lowest BCUT2D eigenvalue weighted by Gasteiger charge is -2.07. The fourth-order valence-electron chi connectivity index (χ4n) is 1.63. The summed E-state index contributed by atoms with van der Waals surface area (Å²) in [5.74, 6) is 0.343. The molecule has 0 aliphatic rings. The van der Waals surface area contributed by atoms with E-state index < -0.39 is 0 Å². The summed E-state index contributed by atoms with van der Waals surface area (Å²) in [5, 5.41) is 15.5. The number of nitrogens with zero attached hydrogens (tertiary/aromatic N) is 1. The molecular weight excluding hydrogens is 276 g/mol. The lowest BCUT2D eigenvalue weighted by Crippen LogP contribution is -2.24. The molecule has 1 heterocycles. The number of thiazole rings is 1. The molecule has 1 rings (SSSR count). The van der Waals surface area contributed by atoms with Gasteiger partial charge in [0.05, 0.1) is 0 Å². The molecule has 1 unspecified atom stereocenters. The van der Waals surface area contributed by atoms with Crippen molar-refractivity contribution < 1.29 is 9.90 Å². The summed E-state index contributed by atoms with van der Waals surface area (Å²) in [6, 6.07) is 0.247. The van der Waals surface area contributed by atoms with Gasteiger partial charge in [0.1, 0.15) is 10.7 Å². The molecule has 0 aliphatic heterocycles. The topological polar surface area (TPSA) is 100 Å². The predicted octanol–water partition coefficient (Wildman–Crippen LogP) is 1.68. The third-order valence-corrected chi connectivity index (χ3v) is 3.74. The van der Waals surface area contributed by atoms with E-state index in [4.69, 9.17) is 10.8 Å². The number of aliphatic hydroxyl groups excluding tert-OH is 1. The Hall–Kier alpha value is -1.34. The molecular formula is C13H24N4O2S. The van der Waals surface area contributed by atoms with Crippen LogP contribution in [0.4, 0.5) is 10.9 Å². The summed E-state index contributed by atoms with van der Waals surface area (Å²) in [7, 11) is 0. The van der Waals surface area contributed by atoms with Gasteiger partial charge in [0.25, 0.3) is 5.91 Å². The second kappa shape index (κ2) is 8.06. The van der Waals surface area contributed by atoms with E-state index in [1.807, 2.05) is 20.8 Å². The molecule has 0 saturated heterocycles. The molecule has 0 spiro atoms. The zero-order valence-electron chi connectivity index (χ0n) is 12.3.